The van der Waals surface area contributed by atoms with Gasteiger partial charge in [0.05, 0.1) is 17.0 Å². The summed E-state index contributed by atoms with van der Waals surface area (Å²) in [6.07, 6.45) is 2.34. The molecule has 8 heteroatoms. The summed E-state index contributed by atoms with van der Waals surface area (Å²) in [5.41, 5.74) is 2.63. The Hall–Kier alpha value is -3.78. The Labute approximate surface area is 191 Å². The topological polar surface area (TPSA) is 101 Å². The maximum absolute atomic E-state index is 13.3. The number of ether oxygens (including phenoxy) is 1. The molecule has 0 aliphatic rings. The van der Waals surface area contributed by atoms with Gasteiger partial charge in [-0.1, -0.05) is 36.4 Å². The van der Waals surface area contributed by atoms with Crippen LogP contribution in [0.1, 0.15) is 40.9 Å². The Kier molecular flexibility index (Phi) is 6.37. The molecule has 33 heavy (non-hydrogen) atoms. The molecule has 0 bridgehead atoms. The first-order valence-electron chi connectivity index (χ1n) is 10.9. The maximum Gasteiger partial charge on any atom is 0.267 e. The van der Waals surface area contributed by atoms with Gasteiger partial charge in [-0.15, -0.1) is 0 Å². The van der Waals surface area contributed by atoms with Crippen LogP contribution in [0.3, 0.4) is 0 Å². The van der Waals surface area contributed by atoms with Crippen LogP contribution in [0.25, 0.3) is 16.7 Å². The molecule has 0 aliphatic heterocycles. The number of rotatable bonds is 7. The van der Waals surface area contributed by atoms with Crippen LogP contribution in [0.5, 0.6) is 0 Å². The van der Waals surface area contributed by atoms with Crippen molar-refractivity contribution >= 4 is 22.6 Å². The van der Waals surface area contributed by atoms with E-state index in [0.29, 0.717) is 36.3 Å². The number of benzene rings is 1. The zero-order valence-electron chi connectivity index (χ0n) is 19.0. The van der Waals surface area contributed by atoms with Gasteiger partial charge in [0, 0.05) is 26.5 Å². The monoisotopic (exact) mass is 445 g/mol. The summed E-state index contributed by atoms with van der Waals surface area (Å²) in [4.78, 5) is 31.2. The van der Waals surface area contributed by atoms with Crippen LogP contribution < -0.4 is 16.4 Å². The van der Waals surface area contributed by atoms with Crippen LogP contribution in [0, 0.1) is 12.3 Å². The van der Waals surface area contributed by atoms with E-state index in [-0.39, 0.29) is 22.7 Å². The maximum atomic E-state index is 13.3. The minimum absolute atomic E-state index is 0.0136. The summed E-state index contributed by atoms with van der Waals surface area (Å²) in [6, 6.07) is 14.5. The standard InChI is InChI=1S/C25H27N5O3/c1-16-10-11-21-28-23-20(25(32)30(21)15-16)14-19(22(26)29(23)12-7-13-33-3)24(31)27-17(2)18-8-5-4-6-9-18/h4-6,8-11,14-15,17,26H,7,12-13H2,1-3H3,(H,27,31)/t17-/m0/s1. The van der Waals surface area contributed by atoms with Crippen LogP contribution in [-0.2, 0) is 11.3 Å². The molecule has 0 aliphatic carbocycles. The Morgan fingerprint density at radius 3 is 2.70 bits per heavy atom. The van der Waals surface area contributed by atoms with Gasteiger partial charge in [0.1, 0.15) is 16.8 Å². The zero-order valence-corrected chi connectivity index (χ0v) is 19.0. The molecule has 170 valence electrons. The summed E-state index contributed by atoms with van der Waals surface area (Å²) in [6.45, 7) is 4.67. The third-order valence-electron chi connectivity index (χ3n) is 5.68. The number of nitrogens with one attached hydrogen (secondary N) is 2. The van der Waals surface area contributed by atoms with Crippen molar-refractivity contribution in [3.8, 4) is 0 Å². The summed E-state index contributed by atoms with van der Waals surface area (Å²) in [5.74, 6) is -0.410. The molecule has 0 saturated heterocycles. The zero-order chi connectivity index (χ0) is 23.5. The lowest BCUT2D eigenvalue weighted by Gasteiger charge is -2.17. The van der Waals surface area contributed by atoms with Gasteiger partial charge in [-0.25, -0.2) is 4.98 Å². The molecule has 0 fully saturated rings. The molecular weight excluding hydrogens is 418 g/mol. The quantitative estimate of drug-likeness (QED) is 0.337. The molecule has 0 unspecified atom stereocenters. The molecule has 0 spiro atoms. The van der Waals surface area contributed by atoms with Crippen LogP contribution in [-0.4, -0.2) is 33.6 Å². The Morgan fingerprint density at radius 2 is 1.97 bits per heavy atom. The molecule has 3 heterocycles. The van der Waals surface area contributed by atoms with Crippen molar-refractivity contribution in [2.75, 3.05) is 13.7 Å². The summed E-state index contributed by atoms with van der Waals surface area (Å²) >= 11 is 0. The largest absolute Gasteiger partial charge is 0.385 e. The predicted octanol–water partition coefficient (Wildman–Crippen LogP) is 2.96. The number of nitrogens with zero attached hydrogens (tertiary/aromatic N) is 3. The minimum Gasteiger partial charge on any atom is -0.385 e. The fourth-order valence-electron chi connectivity index (χ4n) is 3.90. The number of hydrogen-bond acceptors (Lipinski definition) is 5. The Bertz CT molecular complexity index is 1440. The molecule has 0 saturated carbocycles. The number of hydrogen-bond donors (Lipinski definition) is 2. The van der Waals surface area contributed by atoms with Crippen LogP contribution >= 0.6 is 0 Å². The van der Waals surface area contributed by atoms with Gasteiger partial charge < -0.3 is 14.6 Å². The SMILES string of the molecule is COCCCn1c(=N)c(C(=O)N[C@@H](C)c2ccccc2)cc2c(=O)n3cc(C)ccc3nc21. The fraction of sp³-hybridized carbons (Fsp3) is 0.280. The van der Waals surface area contributed by atoms with E-state index in [4.69, 9.17) is 10.1 Å². The van der Waals surface area contributed by atoms with Gasteiger partial charge in [0.25, 0.3) is 11.5 Å². The van der Waals surface area contributed by atoms with Gasteiger partial charge in [-0.3, -0.25) is 19.4 Å². The highest BCUT2D eigenvalue weighted by atomic mass is 16.5. The molecular formula is C25H27N5O3. The first kappa shape index (κ1) is 22.4. The molecule has 1 aromatic carbocycles. The molecule has 0 radical (unpaired) electrons. The first-order valence-corrected chi connectivity index (χ1v) is 10.9. The third kappa shape index (κ3) is 4.42. The second-order valence-electron chi connectivity index (χ2n) is 8.10. The molecule has 8 nitrogen and oxygen atoms in total. The minimum atomic E-state index is -0.410. The van der Waals surface area contributed by atoms with Gasteiger partial charge in [-0.05, 0) is 43.5 Å². The smallest absolute Gasteiger partial charge is 0.267 e. The molecule has 1 atom stereocenters. The van der Waals surface area contributed by atoms with E-state index in [1.807, 2.05) is 50.2 Å². The summed E-state index contributed by atoms with van der Waals surface area (Å²) in [5, 5.41) is 12.0. The number of carbonyl (C=O) groups is 1. The number of methoxy groups -OCH3 is 1. The predicted molar refractivity (Wildman–Crippen MR) is 126 cm³/mol. The van der Waals surface area contributed by atoms with Gasteiger partial charge in [0.15, 0.2) is 0 Å². The van der Waals surface area contributed by atoms with Crippen molar-refractivity contribution in [3.63, 3.8) is 0 Å². The first-order chi connectivity index (χ1) is 15.9. The molecule has 4 aromatic rings. The highest BCUT2D eigenvalue weighted by Crippen LogP contribution is 2.14. The van der Waals surface area contributed by atoms with E-state index in [1.165, 1.54) is 10.5 Å². The second-order valence-corrected chi connectivity index (χ2v) is 8.10. The summed E-state index contributed by atoms with van der Waals surface area (Å²) < 4.78 is 8.27. The van der Waals surface area contributed by atoms with Crippen LogP contribution in [0.15, 0.2) is 59.5 Å². The molecule has 3 aromatic heterocycles. The van der Waals surface area contributed by atoms with E-state index in [0.717, 1.165) is 11.1 Å². The van der Waals surface area contributed by atoms with E-state index in [1.54, 1.807) is 23.9 Å². The van der Waals surface area contributed by atoms with Crippen molar-refractivity contribution in [1.29, 1.82) is 5.41 Å². The molecule has 1 amide bonds. The van der Waals surface area contributed by atoms with Gasteiger partial charge in [0.2, 0.25) is 0 Å². The number of aromatic nitrogens is 3. The fourth-order valence-corrected chi connectivity index (χ4v) is 3.90. The molecule has 2 N–H and O–H groups in total. The van der Waals surface area contributed by atoms with Crippen molar-refractivity contribution in [2.24, 2.45) is 0 Å². The van der Waals surface area contributed by atoms with E-state index >= 15 is 0 Å². The van der Waals surface area contributed by atoms with Crippen molar-refractivity contribution < 1.29 is 9.53 Å². The number of fused-ring (bicyclic) bond motifs is 2. The number of pyridine rings is 2. The van der Waals surface area contributed by atoms with Crippen molar-refractivity contribution in [1.82, 2.24) is 19.3 Å². The third-order valence-corrected chi connectivity index (χ3v) is 5.68. The van der Waals surface area contributed by atoms with Crippen molar-refractivity contribution in [2.45, 2.75) is 32.9 Å². The number of aryl methyl sites for hydroxylation is 2. The highest BCUT2D eigenvalue weighted by molar-refractivity contribution is 5.97. The lowest BCUT2D eigenvalue weighted by Crippen LogP contribution is -2.36. The van der Waals surface area contributed by atoms with Gasteiger partial charge >= 0.3 is 0 Å². The van der Waals surface area contributed by atoms with E-state index < -0.39 is 5.91 Å². The number of amides is 1. The Balaban J connectivity index is 1.87. The average molecular weight is 446 g/mol. The van der Waals surface area contributed by atoms with Crippen LogP contribution in [0.2, 0.25) is 0 Å². The lowest BCUT2D eigenvalue weighted by molar-refractivity contribution is 0.0937. The second kappa shape index (κ2) is 9.38. The van der Waals surface area contributed by atoms with Gasteiger partial charge in [-0.2, -0.15) is 0 Å². The van der Waals surface area contributed by atoms with Crippen molar-refractivity contribution in [3.05, 3.63) is 87.3 Å². The normalized spacial score (nSPS) is 12.2. The summed E-state index contributed by atoms with van der Waals surface area (Å²) in [7, 11) is 1.61. The van der Waals surface area contributed by atoms with E-state index in [9.17, 15) is 9.59 Å². The molecule has 4 rings (SSSR count). The Morgan fingerprint density at radius 1 is 1.21 bits per heavy atom. The van der Waals surface area contributed by atoms with E-state index in [2.05, 4.69) is 10.3 Å². The lowest BCUT2D eigenvalue weighted by atomic mass is 10.1. The van der Waals surface area contributed by atoms with Crippen LogP contribution in [0.4, 0.5) is 0 Å². The number of carbonyl (C=O) groups excluding carboxylic acids is 1. The average Bonchev–Trinajstić information content (AvgIpc) is 2.81. The highest BCUT2D eigenvalue weighted by Gasteiger charge is 2.19.